The molecule has 0 saturated heterocycles. The van der Waals surface area contributed by atoms with Crippen molar-refractivity contribution in [2.75, 3.05) is 17.2 Å². The number of aromatic nitrogens is 2. The molecule has 0 radical (unpaired) electrons. The summed E-state index contributed by atoms with van der Waals surface area (Å²) in [5.74, 6) is 3.17. The molecule has 1 unspecified atom stereocenters. The molecule has 0 amide bonds. The molecule has 2 heterocycles. The van der Waals surface area contributed by atoms with E-state index >= 15 is 0 Å². The van der Waals surface area contributed by atoms with Crippen LogP contribution in [0.5, 0.6) is 11.5 Å². The zero-order valence-corrected chi connectivity index (χ0v) is 15.8. The molecule has 1 aromatic heterocycles. The first-order chi connectivity index (χ1) is 13.2. The number of halogens is 1. The topological polar surface area (TPSA) is 59.1 Å². The van der Waals surface area contributed by atoms with Crippen LogP contribution in [0.2, 0.25) is 5.02 Å². The van der Waals surface area contributed by atoms with Crippen molar-refractivity contribution in [1.82, 2.24) is 9.97 Å². The molecular weight excluding hydrogens is 360 g/mol. The number of benzene rings is 2. The van der Waals surface area contributed by atoms with E-state index in [2.05, 4.69) is 20.6 Å². The smallest absolute Gasteiger partial charge is 0.134 e. The first-order valence-corrected chi connectivity index (χ1v) is 9.42. The molecule has 4 rings (SSSR count). The second-order valence-corrected chi connectivity index (χ2v) is 7.01. The number of nitrogens with one attached hydrogen (secondary N) is 2. The number of rotatable bonds is 4. The van der Waals surface area contributed by atoms with Crippen LogP contribution in [0.3, 0.4) is 0 Å². The van der Waals surface area contributed by atoms with Gasteiger partial charge in [-0.05, 0) is 50.1 Å². The number of fused-ring (bicyclic) bond motifs is 1. The molecule has 1 aliphatic rings. The standard InChI is InChI=1S/C21H21ClN4O/c1-14-24-13-19-20(9-4-10-23-21(19)25-14)26-16-6-3-8-18(12-16)27-17-7-2-5-15(22)11-17/h2-3,5-8,11-13,20,26H,4,9-10H2,1H3,(H,23,24,25). The summed E-state index contributed by atoms with van der Waals surface area (Å²) in [6.07, 6.45) is 3.98. The normalized spacial score (nSPS) is 16.0. The third-order valence-electron chi connectivity index (χ3n) is 4.48. The van der Waals surface area contributed by atoms with Crippen molar-refractivity contribution in [3.05, 3.63) is 71.1 Å². The maximum atomic E-state index is 6.04. The van der Waals surface area contributed by atoms with Crippen LogP contribution in [0, 0.1) is 6.92 Å². The van der Waals surface area contributed by atoms with E-state index in [1.807, 2.05) is 55.6 Å². The van der Waals surface area contributed by atoms with Gasteiger partial charge in [-0.3, -0.25) is 0 Å². The molecule has 0 spiro atoms. The third-order valence-corrected chi connectivity index (χ3v) is 4.72. The molecule has 1 atom stereocenters. The predicted molar refractivity (Wildman–Crippen MR) is 109 cm³/mol. The van der Waals surface area contributed by atoms with Gasteiger partial charge in [0.05, 0.1) is 6.04 Å². The van der Waals surface area contributed by atoms with Crippen LogP contribution < -0.4 is 15.4 Å². The molecule has 6 heteroatoms. The van der Waals surface area contributed by atoms with Crippen molar-refractivity contribution in [2.24, 2.45) is 0 Å². The monoisotopic (exact) mass is 380 g/mol. The third kappa shape index (κ3) is 4.31. The highest BCUT2D eigenvalue weighted by molar-refractivity contribution is 6.30. The molecule has 138 valence electrons. The summed E-state index contributed by atoms with van der Waals surface area (Å²) in [6.45, 7) is 2.82. The Bertz CT molecular complexity index is 947. The summed E-state index contributed by atoms with van der Waals surface area (Å²) in [4.78, 5) is 8.93. The number of hydrogen-bond acceptors (Lipinski definition) is 5. The zero-order chi connectivity index (χ0) is 18.6. The molecule has 0 fully saturated rings. The molecular formula is C21H21ClN4O. The summed E-state index contributed by atoms with van der Waals surface area (Å²) in [5.41, 5.74) is 2.09. The van der Waals surface area contributed by atoms with Crippen molar-refractivity contribution >= 4 is 23.1 Å². The van der Waals surface area contributed by atoms with Crippen LogP contribution in [-0.2, 0) is 0 Å². The number of hydrogen-bond donors (Lipinski definition) is 2. The maximum absolute atomic E-state index is 6.04. The van der Waals surface area contributed by atoms with E-state index in [-0.39, 0.29) is 6.04 Å². The Morgan fingerprint density at radius 2 is 1.96 bits per heavy atom. The Morgan fingerprint density at radius 1 is 1.15 bits per heavy atom. The molecule has 1 aliphatic heterocycles. The lowest BCUT2D eigenvalue weighted by molar-refractivity contribution is 0.483. The van der Waals surface area contributed by atoms with Crippen molar-refractivity contribution in [3.8, 4) is 11.5 Å². The maximum Gasteiger partial charge on any atom is 0.134 e. The molecule has 27 heavy (non-hydrogen) atoms. The lowest BCUT2D eigenvalue weighted by atomic mass is 10.0. The number of anilines is 2. The SMILES string of the molecule is Cc1ncc2c(n1)NCCCC2Nc1cccc(Oc2cccc(Cl)c2)c1. The van der Waals surface area contributed by atoms with E-state index < -0.39 is 0 Å². The van der Waals surface area contributed by atoms with E-state index in [1.54, 1.807) is 6.07 Å². The van der Waals surface area contributed by atoms with E-state index in [1.165, 1.54) is 0 Å². The average Bonchev–Trinajstić information content (AvgIpc) is 2.84. The van der Waals surface area contributed by atoms with Crippen LogP contribution in [0.25, 0.3) is 0 Å². The highest BCUT2D eigenvalue weighted by atomic mass is 35.5. The Balaban J connectivity index is 1.55. The van der Waals surface area contributed by atoms with Gasteiger partial charge < -0.3 is 15.4 Å². The summed E-state index contributed by atoms with van der Waals surface area (Å²) in [5, 5.41) is 7.66. The molecule has 5 nitrogen and oxygen atoms in total. The van der Waals surface area contributed by atoms with Crippen molar-refractivity contribution in [2.45, 2.75) is 25.8 Å². The minimum absolute atomic E-state index is 0.150. The molecule has 0 bridgehead atoms. The Morgan fingerprint density at radius 3 is 2.81 bits per heavy atom. The first-order valence-electron chi connectivity index (χ1n) is 9.05. The Kier molecular flexibility index (Phi) is 5.12. The van der Waals surface area contributed by atoms with Gasteiger partial charge in [0.15, 0.2) is 0 Å². The largest absolute Gasteiger partial charge is 0.457 e. The predicted octanol–water partition coefficient (Wildman–Crippen LogP) is 5.59. The zero-order valence-electron chi connectivity index (χ0n) is 15.1. The van der Waals surface area contributed by atoms with Gasteiger partial charge in [-0.2, -0.15) is 0 Å². The summed E-state index contributed by atoms with van der Waals surface area (Å²) in [7, 11) is 0. The fourth-order valence-electron chi connectivity index (χ4n) is 3.21. The Labute approximate surface area is 163 Å². The van der Waals surface area contributed by atoms with E-state index in [0.29, 0.717) is 10.8 Å². The lowest BCUT2D eigenvalue weighted by Crippen LogP contribution is -2.12. The molecule has 3 aromatic rings. The first kappa shape index (κ1) is 17.6. The van der Waals surface area contributed by atoms with E-state index in [9.17, 15) is 0 Å². The van der Waals surface area contributed by atoms with Crippen LogP contribution in [0.15, 0.2) is 54.7 Å². The van der Waals surface area contributed by atoms with Gasteiger partial charge in [0.25, 0.3) is 0 Å². The fraction of sp³-hybridized carbons (Fsp3) is 0.238. The summed E-state index contributed by atoms with van der Waals surface area (Å²) in [6, 6.07) is 15.5. The number of nitrogens with zero attached hydrogens (tertiary/aromatic N) is 2. The van der Waals surface area contributed by atoms with Gasteiger partial charge in [-0.25, -0.2) is 9.97 Å². The number of ether oxygens (including phenoxy) is 1. The lowest BCUT2D eigenvalue weighted by Gasteiger charge is -2.20. The second-order valence-electron chi connectivity index (χ2n) is 6.57. The van der Waals surface area contributed by atoms with E-state index in [4.69, 9.17) is 16.3 Å². The van der Waals surface area contributed by atoms with Gasteiger partial charge in [0.2, 0.25) is 0 Å². The second kappa shape index (κ2) is 7.84. The van der Waals surface area contributed by atoms with E-state index in [0.717, 1.165) is 48.0 Å². The van der Waals surface area contributed by atoms with Gasteiger partial charge in [-0.15, -0.1) is 0 Å². The quantitative estimate of drug-likeness (QED) is 0.617. The highest BCUT2D eigenvalue weighted by Gasteiger charge is 2.20. The Hall–Kier alpha value is -2.79. The van der Waals surface area contributed by atoms with Crippen LogP contribution in [0.1, 0.15) is 30.3 Å². The molecule has 2 N–H and O–H groups in total. The minimum Gasteiger partial charge on any atom is -0.457 e. The summed E-state index contributed by atoms with van der Waals surface area (Å²) < 4.78 is 5.94. The highest BCUT2D eigenvalue weighted by Crippen LogP contribution is 2.32. The minimum atomic E-state index is 0.150. The van der Waals surface area contributed by atoms with Crippen LogP contribution >= 0.6 is 11.6 Å². The fourth-order valence-corrected chi connectivity index (χ4v) is 3.39. The number of aryl methyl sites for hydroxylation is 1. The van der Waals surface area contributed by atoms with Crippen molar-refractivity contribution in [1.29, 1.82) is 0 Å². The van der Waals surface area contributed by atoms with Gasteiger partial charge in [0.1, 0.15) is 23.1 Å². The summed E-state index contributed by atoms with van der Waals surface area (Å²) >= 11 is 6.04. The van der Waals surface area contributed by atoms with Crippen molar-refractivity contribution in [3.63, 3.8) is 0 Å². The molecule has 0 aliphatic carbocycles. The average molecular weight is 381 g/mol. The van der Waals surface area contributed by atoms with Gasteiger partial charge >= 0.3 is 0 Å². The van der Waals surface area contributed by atoms with Crippen LogP contribution in [0.4, 0.5) is 11.5 Å². The molecule has 2 aromatic carbocycles. The van der Waals surface area contributed by atoms with Gasteiger partial charge in [0, 0.05) is 35.1 Å². The molecule has 0 saturated carbocycles. The van der Waals surface area contributed by atoms with Crippen LogP contribution in [-0.4, -0.2) is 16.5 Å². The van der Waals surface area contributed by atoms with Crippen molar-refractivity contribution < 1.29 is 4.74 Å². The van der Waals surface area contributed by atoms with Gasteiger partial charge in [-0.1, -0.05) is 23.7 Å².